The molecule has 4 aromatic rings. The highest BCUT2D eigenvalue weighted by Crippen LogP contribution is 2.17. The van der Waals surface area contributed by atoms with E-state index in [1.165, 1.54) is 11.3 Å². The van der Waals surface area contributed by atoms with Gasteiger partial charge in [0, 0.05) is 28.7 Å². The zero-order valence-corrected chi connectivity index (χ0v) is 15.7. The number of thiazole rings is 2. The van der Waals surface area contributed by atoms with Gasteiger partial charge in [0.05, 0.1) is 24.4 Å². The minimum absolute atomic E-state index is 0.141. The van der Waals surface area contributed by atoms with Gasteiger partial charge in [-0.1, -0.05) is 18.2 Å². The van der Waals surface area contributed by atoms with Crippen LogP contribution in [0.25, 0.3) is 4.96 Å². The summed E-state index contributed by atoms with van der Waals surface area (Å²) in [6.45, 7) is 0.370. The SMILES string of the molecule is O=C(Cc1csc(NC(=O)c2ccccc2)n1)NCc1cn2ccsc2n1. The molecule has 1 aromatic carbocycles. The highest BCUT2D eigenvalue weighted by atomic mass is 32.1. The minimum Gasteiger partial charge on any atom is -0.350 e. The second-order valence-corrected chi connectivity index (χ2v) is 7.47. The van der Waals surface area contributed by atoms with Gasteiger partial charge in [0.25, 0.3) is 5.91 Å². The summed E-state index contributed by atoms with van der Waals surface area (Å²) in [6, 6.07) is 8.92. The molecule has 7 nitrogen and oxygen atoms in total. The van der Waals surface area contributed by atoms with E-state index in [0.717, 1.165) is 10.7 Å². The molecule has 0 fully saturated rings. The van der Waals surface area contributed by atoms with Crippen LogP contribution in [0.1, 0.15) is 21.7 Å². The molecule has 0 spiro atoms. The van der Waals surface area contributed by atoms with E-state index >= 15 is 0 Å². The Kier molecular flexibility index (Phi) is 4.95. The lowest BCUT2D eigenvalue weighted by atomic mass is 10.2. The van der Waals surface area contributed by atoms with Crippen molar-refractivity contribution >= 4 is 44.6 Å². The first-order valence-corrected chi connectivity index (χ1v) is 9.92. The largest absolute Gasteiger partial charge is 0.350 e. The quantitative estimate of drug-likeness (QED) is 0.524. The first-order valence-electron chi connectivity index (χ1n) is 8.16. The molecule has 0 aliphatic heterocycles. The summed E-state index contributed by atoms with van der Waals surface area (Å²) < 4.78 is 1.92. The first-order chi connectivity index (χ1) is 13.2. The van der Waals surface area contributed by atoms with Crippen LogP contribution >= 0.6 is 22.7 Å². The number of benzene rings is 1. The lowest BCUT2D eigenvalue weighted by Crippen LogP contribution is -2.24. The van der Waals surface area contributed by atoms with E-state index in [0.29, 0.717) is 22.9 Å². The van der Waals surface area contributed by atoms with Crippen LogP contribution in [0.2, 0.25) is 0 Å². The van der Waals surface area contributed by atoms with E-state index in [1.54, 1.807) is 41.0 Å². The molecule has 3 heterocycles. The lowest BCUT2D eigenvalue weighted by Gasteiger charge is -2.02. The Hall–Kier alpha value is -3.04. The van der Waals surface area contributed by atoms with Gasteiger partial charge in [-0.3, -0.25) is 19.3 Å². The Morgan fingerprint density at radius 3 is 2.74 bits per heavy atom. The summed E-state index contributed by atoms with van der Waals surface area (Å²) in [4.78, 5) is 33.9. The van der Waals surface area contributed by atoms with Crippen LogP contribution in [0.4, 0.5) is 5.13 Å². The Morgan fingerprint density at radius 1 is 1.07 bits per heavy atom. The number of amides is 2. The molecule has 0 saturated heterocycles. The lowest BCUT2D eigenvalue weighted by molar-refractivity contribution is -0.120. The van der Waals surface area contributed by atoms with E-state index in [9.17, 15) is 9.59 Å². The van der Waals surface area contributed by atoms with E-state index in [1.807, 2.05) is 28.2 Å². The maximum atomic E-state index is 12.1. The highest BCUT2D eigenvalue weighted by molar-refractivity contribution is 7.15. The van der Waals surface area contributed by atoms with E-state index in [-0.39, 0.29) is 18.2 Å². The molecule has 0 aliphatic rings. The molecular formula is C18H15N5O2S2. The van der Waals surface area contributed by atoms with Crippen molar-refractivity contribution in [3.8, 4) is 0 Å². The number of imidazole rings is 1. The number of rotatable bonds is 6. The maximum Gasteiger partial charge on any atom is 0.257 e. The molecule has 0 bridgehead atoms. The number of fused-ring (bicyclic) bond motifs is 1. The van der Waals surface area contributed by atoms with Gasteiger partial charge >= 0.3 is 0 Å². The Morgan fingerprint density at radius 2 is 1.93 bits per heavy atom. The van der Waals surface area contributed by atoms with Crippen molar-refractivity contribution in [3.05, 3.63) is 70.4 Å². The average molecular weight is 397 g/mol. The molecule has 3 aromatic heterocycles. The molecular weight excluding hydrogens is 382 g/mol. The second-order valence-electron chi connectivity index (χ2n) is 5.74. The van der Waals surface area contributed by atoms with E-state index in [4.69, 9.17) is 0 Å². The fourth-order valence-corrected chi connectivity index (χ4v) is 3.91. The van der Waals surface area contributed by atoms with Crippen molar-refractivity contribution in [2.45, 2.75) is 13.0 Å². The number of carbonyl (C=O) groups is 2. The minimum atomic E-state index is -0.222. The van der Waals surface area contributed by atoms with Crippen molar-refractivity contribution in [3.63, 3.8) is 0 Å². The second kappa shape index (κ2) is 7.68. The van der Waals surface area contributed by atoms with Crippen molar-refractivity contribution in [2.75, 3.05) is 5.32 Å². The van der Waals surface area contributed by atoms with Gasteiger partial charge in [-0.25, -0.2) is 9.97 Å². The van der Waals surface area contributed by atoms with E-state index < -0.39 is 0 Å². The zero-order valence-electron chi connectivity index (χ0n) is 14.1. The molecule has 27 heavy (non-hydrogen) atoms. The topological polar surface area (TPSA) is 88.4 Å². The average Bonchev–Trinajstić information content (AvgIpc) is 3.37. The molecule has 136 valence electrons. The molecule has 9 heteroatoms. The summed E-state index contributed by atoms with van der Waals surface area (Å²) in [5.41, 5.74) is 1.99. The van der Waals surface area contributed by atoms with Crippen molar-refractivity contribution in [2.24, 2.45) is 0 Å². The van der Waals surface area contributed by atoms with Crippen molar-refractivity contribution in [1.82, 2.24) is 19.7 Å². The number of carbonyl (C=O) groups excluding carboxylic acids is 2. The normalized spacial score (nSPS) is 10.8. The van der Waals surface area contributed by atoms with Crippen molar-refractivity contribution < 1.29 is 9.59 Å². The third-order valence-corrected chi connectivity index (χ3v) is 5.34. The van der Waals surface area contributed by atoms with E-state index in [2.05, 4.69) is 20.6 Å². The summed E-state index contributed by atoms with van der Waals surface area (Å²) in [6.07, 6.45) is 3.98. The first kappa shape index (κ1) is 17.4. The molecule has 2 N–H and O–H groups in total. The summed E-state index contributed by atoms with van der Waals surface area (Å²) in [5, 5.41) is 9.79. The molecule has 0 aliphatic carbocycles. The van der Waals surface area contributed by atoms with Crippen LogP contribution in [-0.4, -0.2) is 26.2 Å². The Bertz CT molecular complexity index is 1060. The third-order valence-electron chi connectivity index (χ3n) is 3.76. The fraction of sp³-hybridized carbons (Fsp3) is 0.111. The van der Waals surface area contributed by atoms with Crippen LogP contribution < -0.4 is 10.6 Å². The molecule has 2 amide bonds. The van der Waals surface area contributed by atoms with Crippen LogP contribution in [0.15, 0.2) is 53.5 Å². The van der Waals surface area contributed by atoms with Gasteiger partial charge in [-0.05, 0) is 12.1 Å². The van der Waals surface area contributed by atoms with Gasteiger partial charge in [0.15, 0.2) is 10.1 Å². The van der Waals surface area contributed by atoms with Crippen LogP contribution in [0, 0.1) is 0 Å². The van der Waals surface area contributed by atoms with Crippen LogP contribution in [0.3, 0.4) is 0 Å². The number of anilines is 1. The molecule has 0 unspecified atom stereocenters. The third kappa shape index (κ3) is 4.21. The smallest absolute Gasteiger partial charge is 0.257 e. The summed E-state index contributed by atoms with van der Waals surface area (Å²) in [7, 11) is 0. The zero-order chi connectivity index (χ0) is 18.6. The van der Waals surface area contributed by atoms with Gasteiger partial charge in [0.2, 0.25) is 5.91 Å². The molecule has 0 atom stereocenters. The van der Waals surface area contributed by atoms with Crippen LogP contribution in [0.5, 0.6) is 0 Å². The van der Waals surface area contributed by atoms with Gasteiger partial charge < -0.3 is 5.32 Å². The number of nitrogens with zero attached hydrogens (tertiary/aromatic N) is 3. The fourth-order valence-electron chi connectivity index (χ4n) is 2.48. The summed E-state index contributed by atoms with van der Waals surface area (Å²) in [5.74, 6) is -0.363. The highest BCUT2D eigenvalue weighted by Gasteiger charge is 2.11. The summed E-state index contributed by atoms with van der Waals surface area (Å²) >= 11 is 2.84. The molecule has 4 rings (SSSR count). The van der Waals surface area contributed by atoms with Crippen LogP contribution in [-0.2, 0) is 17.8 Å². The van der Waals surface area contributed by atoms with Gasteiger partial charge in [-0.2, -0.15) is 0 Å². The molecule has 0 saturated carbocycles. The van der Waals surface area contributed by atoms with Crippen molar-refractivity contribution in [1.29, 1.82) is 0 Å². The standard InChI is InChI=1S/C18H15N5O2S2/c24-15(19-9-14-10-23-6-7-26-18(23)21-14)8-13-11-27-17(20-13)22-16(25)12-4-2-1-3-5-12/h1-7,10-11H,8-9H2,(H,19,24)(H,20,22,25). The Labute approximate surface area is 162 Å². The maximum absolute atomic E-state index is 12.1. The number of hydrogen-bond acceptors (Lipinski definition) is 6. The predicted molar refractivity (Wildman–Crippen MR) is 105 cm³/mol. The Balaban J connectivity index is 1.30. The van der Waals surface area contributed by atoms with Gasteiger partial charge in [-0.15, -0.1) is 22.7 Å². The van der Waals surface area contributed by atoms with Gasteiger partial charge in [0.1, 0.15) is 0 Å². The number of aromatic nitrogens is 3. The number of nitrogens with one attached hydrogen (secondary N) is 2. The predicted octanol–water partition coefficient (Wildman–Crippen LogP) is 2.96. The number of hydrogen-bond donors (Lipinski definition) is 2. The molecule has 0 radical (unpaired) electrons. The monoisotopic (exact) mass is 397 g/mol.